The van der Waals surface area contributed by atoms with E-state index in [0.29, 0.717) is 25.7 Å². The van der Waals surface area contributed by atoms with E-state index in [-0.39, 0.29) is 25.7 Å². The zero-order chi connectivity index (χ0) is 81.7. The van der Waals surface area contributed by atoms with Gasteiger partial charge in [0.1, 0.15) is 19.3 Å². The van der Waals surface area contributed by atoms with Crippen molar-refractivity contribution in [1.82, 2.24) is 0 Å². The summed E-state index contributed by atoms with van der Waals surface area (Å²) in [5, 5.41) is 10.7. The molecule has 0 aliphatic heterocycles. The number of esters is 4. The molecule has 0 radical (unpaired) electrons. The predicted octanol–water partition coefficient (Wildman–Crippen LogP) is 25.2. The Morgan fingerprint density at radius 1 is 0.250 bits per heavy atom. The number of hydrogen-bond acceptors (Lipinski definition) is 15. The molecule has 0 aliphatic carbocycles. The number of hydrogen-bond donors (Lipinski definition) is 3. The predicted molar refractivity (Wildman–Crippen MR) is 463 cm³/mol. The minimum atomic E-state index is -5.02. The molecular weight excluding hydrogens is 1450 g/mol. The van der Waals surface area contributed by atoms with Crippen LogP contribution in [0.1, 0.15) is 285 Å². The summed E-state index contributed by atoms with van der Waals surface area (Å²) >= 11 is 0. The Bertz CT molecular complexity index is 2990. The van der Waals surface area contributed by atoms with E-state index >= 15 is 0 Å². The van der Waals surface area contributed by atoms with E-state index in [1.807, 2.05) is 0 Å². The van der Waals surface area contributed by atoms with Crippen LogP contribution in [0.5, 0.6) is 0 Å². The third kappa shape index (κ3) is 81.4. The summed E-state index contributed by atoms with van der Waals surface area (Å²) in [5.41, 5.74) is 0. The summed E-state index contributed by atoms with van der Waals surface area (Å²) in [7, 11) is -10.0. The summed E-state index contributed by atoms with van der Waals surface area (Å²) in [6.07, 6.45) is 105. The number of phosphoric ester groups is 2. The van der Waals surface area contributed by atoms with Crippen LogP contribution in [0, 0.1) is 0 Å². The van der Waals surface area contributed by atoms with Crippen molar-refractivity contribution in [2.45, 2.75) is 303 Å². The van der Waals surface area contributed by atoms with Crippen LogP contribution < -0.4 is 0 Å². The Kier molecular flexibility index (Phi) is 77.5. The van der Waals surface area contributed by atoms with E-state index in [0.717, 1.165) is 205 Å². The van der Waals surface area contributed by atoms with Crippen molar-refractivity contribution in [2.75, 3.05) is 39.6 Å². The van der Waals surface area contributed by atoms with E-state index in [9.17, 15) is 43.2 Å². The summed E-state index contributed by atoms with van der Waals surface area (Å²) in [4.78, 5) is 73.3. The summed E-state index contributed by atoms with van der Waals surface area (Å²) in [5.74, 6) is -2.33. The Balaban J connectivity index is 5.54. The van der Waals surface area contributed by atoms with Crippen molar-refractivity contribution >= 4 is 39.5 Å². The smallest absolute Gasteiger partial charge is 0.462 e. The number of carbonyl (C=O) groups excluding carboxylic acids is 4. The first-order valence-corrected chi connectivity index (χ1v) is 45.0. The third-order valence-corrected chi connectivity index (χ3v) is 18.3. The molecule has 0 heterocycles. The van der Waals surface area contributed by atoms with Gasteiger partial charge >= 0.3 is 39.5 Å². The van der Waals surface area contributed by atoms with Crippen molar-refractivity contribution in [1.29, 1.82) is 0 Å². The zero-order valence-electron chi connectivity index (χ0n) is 69.0. The van der Waals surface area contributed by atoms with Gasteiger partial charge in [0.2, 0.25) is 0 Å². The largest absolute Gasteiger partial charge is 0.472 e. The van der Waals surface area contributed by atoms with Crippen LogP contribution in [0.2, 0.25) is 0 Å². The van der Waals surface area contributed by atoms with Crippen LogP contribution in [0.25, 0.3) is 0 Å². The fraction of sp³-hybridized carbons (Fsp3) is 0.570. The van der Waals surface area contributed by atoms with Gasteiger partial charge in [0, 0.05) is 25.7 Å². The molecule has 0 amide bonds. The van der Waals surface area contributed by atoms with Gasteiger partial charge < -0.3 is 33.8 Å². The second-order valence-electron chi connectivity index (χ2n) is 26.9. The van der Waals surface area contributed by atoms with Gasteiger partial charge in [-0.3, -0.25) is 37.3 Å². The Hall–Kier alpha value is -6.62. The number of phosphoric acid groups is 2. The fourth-order valence-corrected chi connectivity index (χ4v) is 11.8. The molecule has 0 fully saturated rings. The molecule has 0 rings (SSSR count). The first-order chi connectivity index (χ1) is 54.7. The molecule has 0 aromatic rings. The average Bonchev–Trinajstić information content (AvgIpc) is 0.898. The number of allylic oxidation sites excluding steroid dienone is 36. The molecular formula is C93H146O17P2. The fourth-order valence-electron chi connectivity index (χ4n) is 10.2. The van der Waals surface area contributed by atoms with Gasteiger partial charge in [0.05, 0.1) is 26.4 Å². The molecule has 0 aromatic carbocycles. The number of aliphatic hydroxyl groups excluding tert-OH is 1. The molecule has 17 nitrogen and oxygen atoms in total. The second kappa shape index (κ2) is 82.4. The number of ether oxygens (including phenoxy) is 4. The topological polar surface area (TPSA) is 237 Å². The molecule has 0 bridgehead atoms. The number of unbranched alkanes of at least 4 members (excludes halogenated alkanes) is 14. The average molecular weight is 1600 g/mol. The van der Waals surface area contributed by atoms with Crippen LogP contribution in [-0.2, 0) is 65.4 Å². The van der Waals surface area contributed by atoms with Crippen LogP contribution >= 0.6 is 15.6 Å². The highest BCUT2D eigenvalue weighted by atomic mass is 31.2. The van der Waals surface area contributed by atoms with E-state index in [4.69, 9.17) is 37.0 Å². The quantitative estimate of drug-likeness (QED) is 0.0169. The lowest BCUT2D eigenvalue weighted by Crippen LogP contribution is -2.30. The van der Waals surface area contributed by atoms with Gasteiger partial charge in [-0.1, -0.05) is 285 Å². The van der Waals surface area contributed by atoms with Crippen LogP contribution in [0.4, 0.5) is 0 Å². The van der Waals surface area contributed by atoms with Crippen molar-refractivity contribution in [3.05, 3.63) is 219 Å². The van der Waals surface area contributed by atoms with Crippen LogP contribution in [0.15, 0.2) is 219 Å². The van der Waals surface area contributed by atoms with Crippen molar-refractivity contribution in [3.63, 3.8) is 0 Å². The molecule has 5 atom stereocenters. The van der Waals surface area contributed by atoms with Crippen LogP contribution in [0.3, 0.4) is 0 Å². The van der Waals surface area contributed by atoms with Crippen molar-refractivity contribution in [3.8, 4) is 0 Å². The lowest BCUT2D eigenvalue weighted by atomic mass is 10.1. The maximum atomic E-state index is 13.1. The normalized spacial score (nSPS) is 14.9. The number of aliphatic hydroxyl groups is 1. The Morgan fingerprint density at radius 2 is 0.438 bits per heavy atom. The highest BCUT2D eigenvalue weighted by Crippen LogP contribution is 2.45. The minimum Gasteiger partial charge on any atom is -0.462 e. The third-order valence-electron chi connectivity index (χ3n) is 16.4. The maximum Gasteiger partial charge on any atom is 0.472 e. The first kappa shape index (κ1) is 105. The molecule has 5 unspecified atom stereocenters. The monoisotopic (exact) mass is 1600 g/mol. The molecule has 0 aliphatic rings. The zero-order valence-corrected chi connectivity index (χ0v) is 70.8. The van der Waals surface area contributed by atoms with Gasteiger partial charge in [-0.2, -0.15) is 0 Å². The molecule has 630 valence electrons. The lowest BCUT2D eigenvalue weighted by Gasteiger charge is -2.21. The van der Waals surface area contributed by atoms with Gasteiger partial charge in [-0.15, -0.1) is 0 Å². The number of carbonyl (C=O) groups is 4. The molecule has 0 spiro atoms. The van der Waals surface area contributed by atoms with E-state index in [2.05, 4.69) is 246 Å². The first-order valence-electron chi connectivity index (χ1n) is 42.0. The highest BCUT2D eigenvalue weighted by molar-refractivity contribution is 7.47. The highest BCUT2D eigenvalue weighted by Gasteiger charge is 2.30. The summed E-state index contributed by atoms with van der Waals surface area (Å²) in [6.45, 7) is 4.27. The van der Waals surface area contributed by atoms with Crippen LogP contribution in [-0.4, -0.2) is 96.7 Å². The van der Waals surface area contributed by atoms with Crippen molar-refractivity contribution in [2.24, 2.45) is 0 Å². The molecule has 19 heteroatoms. The molecule has 0 saturated heterocycles. The van der Waals surface area contributed by atoms with E-state index in [1.54, 1.807) is 0 Å². The Labute approximate surface area is 677 Å². The Morgan fingerprint density at radius 3 is 0.670 bits per heavy atom. The molecule has 0 aromatic heterocycles. The lowest BCUT2D eigenvalue weighted by molar-refractivity contribution is -0.161. The van der Waals surface area contributed by atoms with E-state index in [1.165, 1.54) is 0 Å². The summed E-state index contributed by atoms with van der Waals surface area (Å²) < 4.78 is 68.7. The maximum absolute atomic E-state index is 13.1. The van der Waals surface area contributed by atoms with Gasteiger partial charge in [-0.25, -0.2) is 9.13 Å². The van der Waals surface area contributed by atoms with E-state index < -0.39 is 97.5 Å². The second-order valence-corrected chi connectivity index (χ2v) is 29.8. The van der Waals surface area contributed by atoms with Gasteiger partial charge in [0.15, 0.2) is 12.2 Å². The summed E-state index contributed by atoms with van der Waals surface area (Å²) in [6, 6.07) is 0. The molecule has 3 N–H and O–H groups in total. The van der Waals surface area contributed by atoms with Crippen molar-refractivity contribution < 1.29 is 80.2 Å². The van der Waals surface area contributed by atoms with Gasteiger partial charge in [0.25, 0.3) is 0 Å². The molecule has 112 heavy (non-hydrogen) atoms. The number of rotatable bonds is 76. The minimum absolute atomic E-state index is 0.0371. The standard InChI is InChI=1S/C93H146O17P2/c1-5-9-13-17-21-25-29-33-37-41-43-47-50-54-58-62-66-70-74-78-91(96)104-84-89(110-93(98)80-76-72-68-64-60-56-52-48-44-42-38-34-30-26-22-18-14-10-6-2)86-108-112(101,102)106-82-87(94)81-105-111(99,100)107-85-88(109-92(97)79-75-71-67-63-59-55-51-46-40-36-32-28-24-20-16-12-8-4)83-103-90(95)77-73-69-65-61-57-53-49-45-39-35-31-27-23-19-15-11-7-3/h9-16,21-28,33-40,43-44,47-49,51,53-56,58,60,87-89,94H,5-8,17-20,29-32,41-42,45-46,50,52,57,59,61-86H2,1-4H3,(H,99,100)(H,101,102)/b13-9-,14-10-,15-11-,16-12-,25-21-,26-22-,27-23-,28-24-,37-33-,38-34-,39-35-,40-36-,47-43-,48-44-,53-49-,55-51-,58-54-,60-56-. The SMILES string of the molecule is CC/C=C\C/C=C\C/C=C\C/C=C\C/C=C\CCCCCC(=O)OCC(COP(=O)(O)OCC(O)COP(=O)(O)OCC(COC(=O)CCCCCC/C=C\C/C=C\C/C=C\C/C=C\CC)OC(=O)CCCCCC/C=C\C/C=C\C/C=C\C/C=C\CC)OC(=O)CCCCC/C=C\C/C=C\C/C=C\C/C=C\C/C=C\CC. The van der Waals surface area contributed by atoms with Gasteiger partial charge in [-0.05, 0) is 193 Å². The molecule has 0 saturated carbocycles.